The van der Waals surface area contributed by atoms with Crippen LogP contribution in [0.2, 0.25) is 0 Å². The van der Waals surface area contributed by atoms with Crippen molar-refractivity contribution in [2.24, 2.45) is 22.1 Å². The van der Waals surface area contributed by atoms with E-state index in [4.69, 9.17) is 13.8 Å². The van der Waals surface area contributed by atoms with Gasteiger partial charge in [0.15, 0.2) is 11.5 Å². The summed E-state index contributed by atoms with van der Waals surface area (Å²) in [6.07, 6.45) is 7.22. The van der Waals surface area contributed by atoms with E-state index in [-0.39, 0.29) is 23.5 Å². The second-order valence-electron chi connectivity index (χ2n) is 9.61. The van der Waals surface area contributed by atoms with Crippen molar-refractivity contribution in [3.8, 4) is 11.8 Å². The van der Waals surface area contributed by atoms with Crippen LogP contribution < -0.4 is 5.73 Å². The molecule has 1 amide bonds. The highest BCUT2D eigenvalue weighted by molar-refractivity contribution is 14.1. The molecule has 4 aliphatic rings. The molecule has 2 N–H and O–H groups in total. The summed E-state index contributed by atoms with van der Waals surface area (Å²) >= 11 is 2.00. The molecule has 5 rings (SSSR count). The molecule has 2 saturated carbocycles. The Balaban J connectivity index is 1.64. The molecular weight excluding hydrogens is 489 g/mol. The van der Waals surface area contributed by atoms with Gasteiger partial charge in [-0.05, 0) is 82.1 Å². The van der Waals surface area contributed by atoms with Crippen molar-refractivity contribution in [3.05, 3.63) is 34.9 Å². The van der Waals surface area contributed by atoms with Crippen LogP contribution in [0.15, 0.2) is 23.2 Å². The lowest BCUT2D eigenvalue weighted by atomic mass is 9.61. The summed E-state index contributed by atoms with van der Waals surface area (Å²) in [6, 6.07) is 6.38. The average Bonchev–Trinajstić information content (AvgIpc) is 3.46. The normalized spacial score (nSPS) is 32.5. The van der Waals surface area contributed by atoms with Crippen molar-refractivity contribution < 1.29 is 7.86 Å². The zero-order valence-corrected chi connectivity index (χ0v) is 19.7. The Kier molecular flexibility index (Phi) is 4.90. The number of fused-ring (bicyclic) bond motifs is 3. The third-order valence-electron chi connectivity index (χ3n) is 7.38. The summed E-state index contributed by atoms with van der Waals surface area (Å²) in [5.41, 5.74) is 8.42. The van der Waals surface area contributed by atoms with E-state index in [2.05, 4.69) is 30.0 Å². The number of halogens is 1. The van der Waals surface area contributed by atoms with Gasteiger partial charge in [0.05, 0.1) is 6.10 Å². The first-order valence-electron chi connectivity index (χ1n) is 11.0. The lowest BCUT2D eigenvalue weighted by molar-refractivity contribution is -0.138. The van der Waals surface area contributed by atoms with E-state index in [0.717, 1.165) is 43.2 Å². The van der Waals surface area contributed by atoms with E-state index >= 15 is 0 Å². The molecule has 3 aliphatic carbocycles. The van der Waals surface area contributed by atoms with Crippen LogP contribution in [0.4, 0.5) is 0 Å². The Labute approximate surface area is 192 Å². The van der Waals surface area contributed by atoms with Crippen molar-refractivity contribution in [2.45, 2.75) is 76.5 Å². The second-order valence-corrected chi connectivity index (χ2v) is 10.1. The maximum Gasteiger partial charge on any atom is 0.262 e. The van der Waals surface area contributed by atoms with Crippen LogP contribution in [-0.4, -0.2) is 28.9 Å². The zero-order valence-electron chi connectivity index (χ0n) is 17.6. The molecule has 1 aromatic carbocycles. The largest absolute Gasteiger partial charge is 0.369 e. The van der Waals surface area contributed by atoms with Crippen molar-refractivity contribution in [1.82, 2.24) is 4.90 Å². The summed E-state index contributed by atoms with van der Waals surface area (Å²) < 4.78 is 5.60. The number of rotatable bonds is 2. The van der Waals surface area contributed by atoms with Gasteiger partial charge in [0.1, 0.15) is 23.0 Å². The van der Waals surface area contributed by atoms with E-state index in [9.17, 15) is 4.79 Å². The summed E-state index contributed by atoms with van der Waals surface area (Å²) in [5, 5.41) is 0. The molecule has 6 heteroatoms. The summed E-state index contributed by atoms with van der Waals surface area (Å²) in [7, 11) is 0. The minimum Gasteiger partial charge on any atom is -0.369 e. The minimum absolute atomic E-state index is 0.0198. The van der Waals surface area contributed by atoms with Gasteiger partial charge in [-0.15, -0.1) is 0 Å². The van der Waals surface area contributed by atoms with Gasteiger partial charge < -0.3 is 8.80 Å². The number of hydrogen-bond acceptors (Lipinski definition) is 4. The van der Waals surface area contributed by atoms with E-state index in [1.54, 1.807) is 4.90 Å². The first-order chi connectivity index (χ1) is 14.4. The summed E-state index contributed by atoms with van der Waals surface area (Å²) in [6.45, 7) is 4.00. The molecule has 158 valence electrons. The smallest absolute Gasteiger partial charge is 0.262 e. The number of benzene rings is 1. The van der Waals surface area contributed by atoms with E-state index in [1.165, 1.54) is 18.4 Å². The molecule has 0 radical (unpaired) electrons. The number of amides is 1. The molecule has 2 spiro atoms. The molecule has 5 nitrogen and oxygen atoms in total. The lowest BCUT2D eigenvalue weighted by Crippen LogP contribution is -2.53. The molecule has 0 saturated heterocycles. The Morgan fingerprint density at radius 2 is 2.00 bits per heavy atom. The minimum atomic E-state index is -0.926. The maximum absolute atomic E-state index is 14.0. The van der Waals surface area contributed by atoms with Crippen LogP contribution in [0.5, 0.6) is 0 Å². The number of hydrogen-bond donors (Lipinski definition) is 1. The summed E-state index contributed by atoms with van der Waals surface area (Å²) in [5.74, 6) is 7.62. The molecule has 0 aromatic heterocycles. The summed E-state index contributed by atoms with van der Waals surface area (Å²) in [4.78, 5) is 20.7. The first-order valence-corrected chi connectivity index (χ1v) is 11.9. The standard InChI is InChI=1S/C24H28IN3O2/c1-15(2)28-21(29)24(27-22(28)26)20-13-17(6-5-16-3-4-16)7-8-18(20)14-23(24)11-9-19(30-25)10-12-23/h7-8,13,15-16,19H,3-4,9-12,14H2,1-2H3,(H2,26,27). The molecule has 30 heavy (non-hydrogen) atoms. The van der Waals surface area contributed by atoms with Gasteiger partial charge in [0.2, 0.25) is 0 Å². The lowest BCUT2D eigenvalue weighted by Gasteiger charge is -2.45. The first kappa shape index (κ1) is 20.3. The van der Waals surface area contributed by atoms with Gasteiger partial charge in [0, 0.05) is 22.9 Å². The molecule has 1 heterocycles. The monoisotopic (exact) mass is 517 g/mol. The quantitative estimate of drug-likeness (QED) is 0.476. The molecule has 2 fully saturated rings. The Morgan fingerprint density at radius 1 is 1.27 bits per heavy atom. The van der Waals surface area contributed by atoms with Crippen molar-refractivity contribution in [2.75, 3.05) is 0 Å². The van der Waals surface area contributed by atoms with E-state index < -0.39 is 5.54 Å². The fraction of sp³-hybridized carbons (Fsp3) is 0.583. The number of carbonyl (C=O) groups excluding carboxylic acids is 1. The van der Waals surface area contributed by atoms with Crippen LogP contribution in [0.3, 0.4) is 0 Å². The van der Waals surface area contributed by atoms with Gasteiger partial charge in [-0.25, -0.2) is 4.99 Å². The molecular formula is C24H28IN3O2. The van der Waals surface area contributed by atoms with Gasteiger partial charge in [-0.3, -0.25) is 9.69 Å². The highest BCUT2D eigenvalue weighted by Gasteiger charge is 2.66. The molecule has 1 atom stereocenters. The fourth-order valence-electron chi connectivity index (χ4n) is 5.68. The topological polar surface area (TPSA) is 67.9 Å². The Morgan fingerprint density at radius 3 is 2.60 bits per heavy atom. The number of nitrogens with two attached hydrogens (primary N) is 1. The zero-order chi connectivity index (χ0) is 21.1. The molecule has 1 aromatic rings. The predicted octanol–water partition coefficient (Wildman–Crippen LogP) is 4.06. The predicted molar refractivity (Wildman–Crippen MR) is 125 cm³/mol. The highest BCUT2D eigenvalue weighted by Crippen LogP contribution is 2.62. The third-order valence-corrected chi connectivity index (χ3v) is 8.10. The van der Waals surface area contributed by atoms with Crippen LogP contribution in [0.1, 0.15) is 69.1 Å². The van der Waals surface area contributed by atoms with Crippen LogP contribution in [0, 0.1) is 23.2 Å². The van der Waals surface area contributed by atoms with Crippen molar-refractivity contribution >= 4 is 34.9 Å². The number of guanidine groups is 1. The third kappa shape index (κ3) is 2.92. The van der Waals surface area contributed by atoms with Crippen LogP contribution in [-0.2, 0) is 19.8 Å². The van der Waals surface area contributed by atoms with Crippen LogP contribution >= 0.6 is 23.0 Å². The number of aliphatic imine (C=N–C) groups is 1. The molecule has 1 aliphatic heterocycles. The molecule has 1 unspecified atom stereocenters. The Bertz CT molecular complexity index is 980. The maximum atomic E-state index is 14.0. The SMILES string of the molecule is CC(C)N1C(=O)C2(N=C1N)c1cc(C#CC3CC3)ccc1CC21CCC(OI)CC1. The van der Waals surface area contributed by atoms with Crippen LogP contribution in [0.25, 0.3) is 0 Å². The average molecular weight is 517 g/mol. The van der Waals surface area contributed by atoms with Crippen molar-refractivity contribution in [1.29, 1.82) is 0 Å². The van der Waals surface area contributed by atoms with Gasteiger partial charge >= 0.3 is 0 Å². The highest BCUT2D eigenvalue weighted by atomic mass is 127. The van der Waals surface area contributed by atoms with E-state index in [1.807, 2.05) is 36.9 Å². The van der Waals surface area contributed by atoms with Crippen molar-refractivity contribution in [3.63, 3.8) is 0 Å². The number of carbonyl (C=O) groups is 1. The number of nitrogens with zero attached hydrogens (tertiary/aromatic N) is 2. The fourth-order valence-corrected chi connectivity index (χ4v) is 6.19. The van der Waals surface area contributed by atoms with E-state index in [0.29, 0.717) is 11.9 Å². The molecule has 0 bridgehead atoms. The van der Waals surface area contributed by atoms with Gasteiger partial charge in [0.25, 0.3) is 5.91 Å². The van der Waals surface area contributed by atoms with Gasteiger partial charge in [-0.2, -0.15) is 0 Å². The van der Waals surface area contributed by atoms with Gasteiger partial charge in [-0.1, -0.05) is 17.9 Å². The Hall–Kier alpha value is -1.59. The second kappa shape index (κ2) is 7.23.